The van der Waals surface area contributed by atoms with Crippen LogP contribution in [0.25, 0.3) is 0 Å². The molecule has 94 valence electrons. The van der Waals surface area contributed by atoms with Crippen LogP contribution in [0.1, 0.15) is 13.8 Å². The Kier molecular flexibility index (Phi) is 4.36. The van der Waals surface area contributed by atoms with Gasteiger partial charge in [-0.05, 0) is 32.0 Å². The number of amides is 2. The zero-order chi connectivity index (χ0) is 13.1. The molecule has 0 heterocycles. The van der Waals surface area contributed by atoms with Crippen molar-refractivity contribution in [2.24, 2.45) is 0 Å². The smallest absolute Gasteiger partial charge is 0.328 e. The van der Waals surface area contributed by atoms with Gasteiger partial charge in [0.05, 0.1) is 4.90 Å². The van der Waals surface area contributed by atoms with Crippen LogP contribution in [-0.4, -0.2) is 20.5 Å². The van der Waals surface area contributed by atoms with Crippen molar-refractivity contribution in [2.75, 3.05) is 0 Å². The molecule has 0 fully saturated rings. The molecule has 0 aliphatic rings. The third kappa shape index (κ3) is 4.24. The average molecular weight is 277 g/mol. The summed E-state index contributed by atoms with van der Waals surface area (Å²) in [5.74, 6) is 0. The van der Waals surface area contributed by atoms with Gasteiger partial charge >= 0.3 is 6.03 Å². The van der Waals surface area contributed by atoms with Gasteiger partial charge < -0.3 is 5.32 Å². The average Bonchev–Trinajstić information content (AvgIpc) is 2.15. The van der Waals surface area contributed by atoms with E-state index in [1.807, 2.05) is 4.72 Å². The maximum Gasteiger partial charge on any atom is 0.328 e. The Bertz CT molecular complexity index is 514. The maximum atomic E-state index is 11.7. The SMILES string of the molecule is CC(C)NC(=O)NS(=O)(=O)c1cccc(Cl)c1. The quantitative estimate of drug-likeness (QED) is 0.883. The van der Waals surface area contributed by atoms with Crippen molar-refractivity contribution in [1.82, 2.24) is 10.0 Å². The van der Waals surface area contributed by atoms with Crippen LogP contribution in [-0.2, 0) is 10.0 Å². The molecule has 0 atom stereocenters. The summed E-state index contributed by atoms with van der Waals surface area (Å²) in [5.41, 5.74) is 0. The molecule has 0 spiro atoms. The van der Waals surface area contributed by atoms with E-state index in [1.54, 1.807) is 19.9 Å². The molecule has 0 aromatic heterocycles. The van der Waals surface area contributed by atoms with Crippen LogP contribution >= 0.6 is 11.6 Å². The van der Waals surface area contributed by atoms with Gasteiger partial charge in [-0.3, -0.25) is 0 Å². The van der Waals surface area contributed by atoms with E-state index in [0.29, 0.717) is 0 Å². The summed E-state index contributed by atoms with van der Waals surface area (Å²) in [6, 6.07) is 4.76. The Morgan fingerprint density at radius 3 is 2.53 bits per heavy atom. The van der Waals surface area contributed by atoms with Crippen molar-refractivity contribution >= 4 is 27.7 Å². The molecule has 2 amide bonds. The van der Waals surface area contributed by atoms with E-state index in [1.165, 1.54) is 18.2 Å². The summed E-state index contributed by atoms with van der Waals surface area (Å²) in [4.78, 5) is 11.2. The fourth-order valence-corrected chi connectivity index (χ4v) is 2.32. The number of sulfonamides is 1. The van der Waals surface area contributed by atoms with Gasteiger partial charge in [-0.1, -0.05) is 17.7 Å². The van der Waals surface area contributed by atoms with Crippen LogP contribution in [0.2, 0.25) is 5.02 Å². The van der Waals surface area contributed by atoms with Crippen molar-refractivity contribution in [1.29, 1.82) is 0 Å². The lowest BCUT2D eigenvalue weighted by atomic mass is 10.4. The fraction of sp³-hybridized carbons (Fsp3) is 0.300. The lowest BCUT2D eigenvalue weighted by Gasteiger charge is -2.10. The van der Waals surface area contributed by atoms with Gasteiger partial charge in [-0.2, -0.15) is 0 Å². The lowest BCUT2D eigenvalue weighted by molar-refractivity contribution is 0.243. The minimum Gasteiger partial charge on any atom is -0.335 e. The maximum absolute atomic E-state index is 11.7. The summed E-state index contributed by atoms with van der Waals surface area (Å²) in [6.45, 7) is 3.46. The lowest BCUT2D eigenvalue weighted by Crippen LogP contribution is -2.42. The second kappa shape index (κ2) is 5.37. The number of hydrogen-bond acceptors (Lipinski definition) is 3. The van der Waals surface area contributed by atoms with Gasteiger partial charge in [0, 0.05) is 11.1 Å². The molecule has 5 nitrogen and oxygen atoms in total. The number of hydrogen-bond donors (Lipinski definition) is 2. The molecule has 1 aromatic carbocycles. The summed E-state index contributed by atoms with van der Waals surface area (Å²) in [6.07, 6.45) is 0. The van der Waals surface area contributed by atoms with Crippen LogP contribution < -0.4 is 10.0 Å². The van der Waals surface area contributed by atoms with Gasteiger partial charge in [0.2, 0.25) is 0 Å². The van der Waals surface area contributed by atoms with Gasteiger partial charge in [-0.15, -0.1) is 0 Å². The first kappa shape index (κ1) is 13.8. The normalized spacial score (nSPS) is 11.3. The predicted molar refractivity (Wildman–Crippen MR) is 65.4 cm³/mol. The number of carbonyl (C=O) groups excluding carboxylic acids is 1. The second-order valence-corrected chi connectivity index (χ2v) is 5.81. The zero-order valence-corrected chi connectivity index (χ0v) is 11.0. The Labute approximate surface area is 105 Å². The molecule has 7 heteroatoms. The van der Waals surface area contributed by atoms with Crippen LogP contribution in [0.3, 0.4) is 0 Å². The van der Waals surface area contributed by atoms with Crippen LogP contribution in [0.15, 0.2) is 29.2 Å². The number of carbonyl (C=O) groups is 1. The topological polar surface area (TPSA) is 75.3 Å². The molecular weight excluding hydrogens is 264 g/mol. The number of urea groups is 1. The molecule has 0 saturated carbocycles. The van der Waals surface area contributed by atoms with E-state index in [-0.39, 0.29) is 16.0 Å². The molecular formula is C10H13ClN2O3S. The van der Waals surface area contributed by atoms with Gasteiger partial charge in [0.1, 0.15) is 0 Å². The van der Waals surface area contributed by atoms with Crippen LogP contribution in [0.4, 0.5) is 4.79 Å². The Hall–Kier alpha value is -1.27. The Balaban J connectivity index is 2.86. The summed E-state index contributed by atoms with van der Waals surface area (Å²) in [7, 11) is -3.87. The Morgan fingerprint density at radius 2 is 2.00 bits per heavy atom. The Morgan fingerprint density at radius 1 is 1.35 bits per heavy atom. The van der Waals surface area contributed by atoms with Crippen molar-refractivity contribution in [2.45, 2.75) is 24.8 Å². The minimum atomic E-state index is -3.87. The molecule has 2 N–H and O–H groups in total. The highest BCUT2D eigenvalue weighted by Crippen LogP contribution is 2.14. The molecule has 0 unspecified atom stereocenters. The summed E-state index contributed by atoms with van der Waals surface area (Å²) < 4.78 is 25.4. The standard InChI is InChI=1S/C10H13ClN2O3S/c1-7(2)12-10(14)13-17(15,16)9-5-3-4-8(11)6-9/h3-7H,1-2H3,(H2,12,13,14). The first-order chi connectivity index (χ1) is 7.81. The van der Waals surface area contributed by atoms with Gasteiger partial charge in [0.25, 0.3) is 10.0 Å². The molecule has 0 bridgehead atoms. The van der Waals surface area contributed by atoms with E-state index in [0.717, 1.165) is 0 Å². The number of rotatable bonds is 3. The number of nitrogens with one attached hydrogen (secondary N) is 2. The summed E-state index contributed by atoms with van der Waals surface area (Å²) >= 11 is 5.68. The molecule has 1 aromatic rings. The van der Waals surface area contributed by atoms with Crippen LogP contribution in [0, 0.1) is 0 Å². The predicted octanol–water partition coefficient (Wildman–Crippen LogP) is 1.74. The van der Waals surface area contributed by atoms with E-state index in [2.05, 4.69) is 5.32 Å². The molecule has 0 aliphatic carbocycles. The number of benzene rings is 1. The van der Waals surface area contributed by atoms with E-state index in [4.69, 9.17) is 11.6 Å². The van der Waals surface area contributed by atoms with Crippen molar-refractivity contribution < 1.29 is 13.2 Å². The van der Waals surface area contributed by atoms with E-state index >= 15 is 0 Å². The highest BCUT2D eigenvalue weighted by molar-refractivity contribution is 7.90. The monoisotopic (exact) mass is 276 g/mol. The highest BCUT2D eigenvalue weighted by Gasteiger charge is 2.17. The highest BCUT2D eigenvalue weighted by atomic mass is 35.5. The van der Waals surface area contributed by atoms with E-state index in [9.17, 15) is 13.2 Å². The van der Waals surface area contributed by atoms with Crippen LogP contribution in [0.5, 0.6) is 0 Å². The molecule has 0 radical (unpaired) electrons. The molecule has 17 heavy (non-hydrogen) atoms. The zero-order valence-electron chi connectivity index (χ0n) is 9.40. The minimum absolute atomic E-state index is 0.0519. The van der Waals surface area contributed by atoms with Crippen molar-refractivity contribution in [3.63, 3.8) is 0 Å². The van der Waals surface area contributed by atoms with Crippen molar-refractivity contribution in [3.05, 3.63) is 29.3 Å². The molecule has 0 aliphatic heterocycles. The fourth-order valence-electron chi connectivity index (χ4n) is 1.11. The third-order valence-electron chi connectivity index (χ3n) is 1.75. The first-order valence-corrected chi connectivity index (χ1v) is 6.76. The third-order valence-corrected chi connectivity index (χ3v) is 3.32. The van der Waals surface area contributed by atoms with Crippen molar-refractivity contribution in [3.8, 4) is 0 Å². The first-order valence-electron chi connectivity index (χ1n) is 4.90. The van der Waals surface area contributed by atoms with Gasteiger partial charge in [-0.25, -0.2) is 17.9 Å². The largest absolute Gasteiger partial charge is 0.335 e. The van der Waals surface area contributed by atoms with E-state index < -0.39 is 16.1 Å². The number of halogens is 1. The summed E-state index contributed by atoms with van der Waals surface area (Å²) in [5, 5.41) is 2.71. The molecule has 0 saturated heterocycles. The second-order valence-electron chi connectivity index (χ2n) is 3.69. The molecule has 1 rings (SSSR count). The van der Waals surface area contributed by atoms with Gasteiger partial charge in [0.15, 0.2) is 0 Å².